The Kier molecular flexibility index (Phi) is 4.23. The van der Waals surface area contributed by atoms with Crippen LogP contribution in [0.1, 0.15) is 0 Å². The molecule has 0 fully saturated rings. The fourth-order valence-electron chi connectivity index (χ4n) is 5.62. The highest BCUT2D eigenvalue weighted by Crippen LogP contribution is 2.50. The molecule has 6 aromatic carbocycles. The molecule has 0 atom stereocenters. The van der Waals surface area contributed by atoms with E-state index >= 15 is 0 Å². The molecule has 0 amide bonds. The molecule has 0 bridgehead atoms. The van der Waals surface area contributed by atoms with Gasteiger partial charge in [0.1, 0.15) is 22.7 Å². The largest absolute Gasteiger partial charge is 0.456 e. The van der Waals surface area contributed by atoms with Crippen LogP contribution in [0.15, 0.2) is 132 Å². The van der Waals surface area contributed by atoms with Gasteiger partial charge < -0.3 is 14.1 Å². The summed E-state index contributed by atoms with van der Waals surface area (Å²) in [5.74, 6) is 1.78. The van der Waals surface area contributed by atoms with Crippen LogP contribution in [-0.4, -0.2) is 0 Å². The minimum Gasteiger partial charge on any atom is -0.456 e. The number of hydrogen-bond donors (Lipinski definition) is 0. The van der Waals surface area contributed by atoms with Crippen LogP contribution in [0.4, 0.5) is 17.1 Å². The summed E-state index contributed by atoms with van der Waals surface area (Å²) in [6.07, 6.45) is 0. The van der Waals surface area contributed by atoms with Crippen molar-refractivity contribution in [2.45, 2.75) is 0 Å². The smallest absolute Gasteiger partial charge is 0.137 e. The molecule has 37 heavy (non-hydrogen) atoms. The monoisotopic (exact) mass is 475 g/mol. The van der Waals surface area contributed by atoms with Gasteiger partial charge in [0.2, 0.25) is 0 Å². The van der Waals surface area contributed by atoms with Crippen LogP contribution < -0.4 is 9.64 Å². The zero-order valence-corrected chi connectivity index (χ0v) is 19.9. The van der Waals surface area contributed by atoms with Crippen molar-refractivity contribution in [2.24, 2.45) is 0 Å². The van der Waals surface area contributed by atoms with Gasteiger partial charge in [-0.25, -0.2) is 0 Å². The van der Waals surface area contributed by atoms with Gasteiger partial charge in [-0.05, 0) is 54.1 Å². The lowest BCUT2D eigenvalue weighted by molar-refractivity contribution is 0.487. The summed E-state index contributed by atoms with van der Waals surface area (Å²) in [5.41, 5.74) is 7.29. The third-order valence-electron chi connectivity index (χ3n) is 7.25. The van der Waals surface area contributed by atoms with E-state index in [4.69, 9.17) is 9.15 Å². The van der Waals surface area contributed by atoms with Crippen molar-refractivity contribution < 1.29 is 9.15 Å². The van der Waals surface area contributed by atoms with Crippen molar-refractivity contribution in [1.29, 1.82) is 0 Å². The van der Waals surface area contributed by atoms with Gasteiger partial charge in [-0.1, -0.05) is 72.8 Å². The van der Waals surface area contributed by atoms with Crippen LogP contribution in [0.25, 0.3) is 43.8 Å². The first-order valence-corrected chi connectivity index (χ1v) is 12.4. The number of para-hydroxylation sites is 3. The van der Waals surface area contributed by atoms with E-state index in [0.29, 0.717) is 0 Å². The topological polar surface area (TPSA) is 25.6 Å². The van der Waals surface area contributed by atoms with Crippen molar-refractivity contribution in [3.63, 3.8) is 0 Å². The Morgan fingerprint density at radius 2 is 1.22 bits per heavy atom. The maximum atomic E-state index is 6.35. The van der Waals surface area contributed by atoms with E-state index in [1.807, 2.05) is 30.3 Å². The molecule has 3 heteroatoms. The molecule has 7 aromatic rings. The third kappa shape index (κ3) is 3.01. The summed E-state index contributed by atoms with van der Waals surface area (Å²) < 4.78 is 12.6. The second-order valence-corrected chi connectivity index (χ2v) is 9.36. The third-order valence-corrected chi connectivity index (χ3v) is 7.25. The van der Waals surface area contributed by atoms with Gasteiger partial charge in [0.05, 0.1) is 5.69 Å². The summed E-state index contributed by atoms with van der Waals surface area (Å²) in [7, 11) is 0. The summed E-state index contributed by atoms with van der Waals surface area (Å²) in [5, 5.41) is 4.52. The zero-order valence-electron chi connectivity index (χ0n) is 19.9. The first-order chi connectivity index (χ1) is 18.3. The summed E-state index contributed by atoms with van der Waals surface area (Å²) in [6.45, 7) is 0. The molecule has 2 heterocycles. The maximum absolute atomic E-state index is 6.35. The van der Waals surface area contributed by atoms with Crippen LogP contribution >= 0.6 is 0 Å². The van der Waals surface area contributed by atoms with Crippen LogP contribution in [0, 0.1) is 0 Å². The Balaban J connectivity index is 1.40. The molecule has 0 spiro atoms. The van der Waals surface area contributed by atoms with Crippen LogP contribution in [0.2, 0.25) is 0 Å². The van der Waals surface area contributed by atoms with Gasteiger partial charge >= 0.3 is 0 Å². The molecule has 1 aliphatic heterocycles. The van der Waals surface area contributed by atoms with E-state index in [1.54, 1.807) is 0 Å². The zero-order chi connectivity index (χ0) is 24.3. The number of hydrogen-bond acceptors (Lipinski definition) is 3. The van der Waals surface area contributed by atoms with E-state index in [9.17, 15) is 0 Å². The quantitative estimate of drug-likeness (QED) is 0.254. The number of anilines is 3. The number of benzene rings is 6. The number of rotatable bonds is 3. The van der Waals surface area contributed by atoms with Crippen molar-refractivity contribution in [1.82, 2.24) is 0 Å². The van der Waals surface area contributed by atoms with E-state index in [-0.39, 0.29) is 0 Å². The van der Waals surface area contributed by atoms with Crippen LogP contribution in [0.3, 0.4) is 0 Å². The molecule has 174 valence electrons. The number of furan rings is 1. The lowest BCUT2D eigenvalue weighted by atomic mass is 9.93. The minimum absolute atomic E-state index is 0.875. The highest BCUT2D eigenvalue weighted by atomic mass is 16.5. The Hall–Kier alpha value is -5.02. The normalized spacial score (nSPS) is 12.0. The van der Waals surface area contributed by atoms with Crippen molar-refractivity contribution in [3.05, 3.63) is 127 Å². The highest BCUT2D eigenvalue weighted by molar-refractivity contribution is 6.11. The molecule has 0 saturated carbocycles. The molecule has 0 saturated heterocycles. The standard InChI is InChI=1S/C34H21NO2/c1-2-9-22(10-3-1)35(23-17-18-26-24-11-4-6-14-30(24)37-33(26)21-23)29-20-19-27-25-12-5-7-15-31(25)36-32-16-8-13-28(29)34(27)32/h1-21H. The molecule has 0 aliphatic carbocycles. The Morgan fingerprint density at radius 3 is 2.16 bits per heavy atom. The highest BCUT2D eigenvalue weighted by Gasteiger charge is 2.24. The fourth-order valence-corrected chi connectivity index (χ4v) is 5.62. The lowest BCUT2D eigenvalue weighted by Gasteiger charge is -2.29. The van der Waals surface area contributed by atoms with E-state index in [2.05, 4.69) is 102 Å². The van der Waals surface area contributed by atoms with Crippen molar-refractivity contribution >= 4 is 49.8 Å². The van der Waals surface area contributed by atoms with E-state index < -0.39 is 0 Å². The average Bonchev–Trinajstić information content (AvgIpc) is 3.33. The van der Waals surface area contributed by atoms with E-state index in [1.165, 1.54) is 5.56 Å². The molecular weight excluding hydrogens is 454 g/mol. The molecule has 0 unspecified atom stereocenters. The number of fused-ring (bicyclic) bond motifs is 5. The SMILES string of the molecule is c1ccc(N(c2ccc3c(c2)oc2ccccc23)c2ccc3c4c(cccc24)Oc2ccccc2-3)cc1. The van der Waals surface area contributed by atoms with Crippen LogP contribution in [0.5, 0.6) is 11.5 Å². The Morgan fingerprint density at radius 1 is 0.459 bits per heavy atom. The molecule has 0 radical (unpaired) electrons. The average molecular weight is 476 g/mol. The summed E-state index contributed by atoms with van der Waals surface area (Å²) in [6, 6.07) is 44.2. The van der Waals surface area contributed by atoms with Gasteiger partial charge in [-0.15, -0.1) is 0 Å². The van der Waals surface area contributed by atoms with Crippen molar-refractivity contribution in [2.75, 3.05) is 4.90 Å². The molecule has 0 N–H and O–H groups in total. The first-order valence-electron chi connectivity index (χ1n) is 12.4. The lowest BCUT2D eigenvalue weighted by Crippen LogP contribution is -2.11. The van der Waals surface area contributed by atoms with Gasteiger partial charge in [-0.3, -0.25) is 0 Å². The van der Waals surface area contributed by atoms with Crippen LogP contribution in [-0.2, 0) is 0 Å². The summed E-state index contributed by atoms with van der Waals surface area (Å²) in [4.78, 5) is 2.30. The first kappa shape index (κ1) is 20.2. The maximum Gasteiger partial charge on any atom is 0.137 e. The Labute approximate surface area is 213 Å². The second kappa shape index (κ2) is 7.74. The van der Waals surface area contributed by atoms with E-state index in [0.717, 1.165) is 66.8 Å². The molecule has 1 aliphatic rings. The molecule has 3 nitrogen and oxygen atoms in total. The van der Waals surface area contributed by atoms with Gasteiger partial charge in [0.25, 0.3) is 0 Å². The second-order valence-electron chi connectivity index (χ2n) is 9.36. The summed E-state index contributed by atoms with van der Waals surface area (Å²) >= 11 is 0. The number of ether oxygens (including phenoxy) is 1. The predicted octanol–water partition coefficient (Wildman–Crippen LogP) is 9.98. The molecule has 1 aromatic heterocycles. The predicted molar refractivity (Wildman–Crippen MR) is 151 cm³/mol. The molecular formula is C34H21NO2. The number of nitrogens with zero attached hydrogens (tertiary/aromatic N) is 1. The van der Waals surface area contributed by atoms with Gasteiger partial charge in [-0.2, -0.15) is 0 Å². The minimum atomic E-state index is 0.875. The van der Waals surface area contributed by atoms with Gasteiger partial charge in [0, 0.05) is 44.5 Å². The van der Waals surface area contributed by atoms with Crippen molar-refractivity contribution in [3.8, 4) is 22.6 Å². The molecule has 8 rings (SSSR count). The Bertz CT molecular complexity index is 1970. The van der Waals surface area contributed by atoms with Gasteiger partial charge in [0.15, 0.2) is 0 Å². The fraction of sp³-hybridized carbons (Fsp3) is 0.